The van der Waals surface area contributed by atoms with Gasteiger partial charge >= 0.3 is 23.9 Å². The van der Waals surface area contributed by atoms with Crippen LogP contribution >= 0.6 is 81.2 Å². The van der Waals surface area contributed by atoms with Crippen LogP contribution in [0.25, 0.3) is 0 Å². The maximum atomic E-state index is 14.7. The quantitative estimate of drug-likeness (QED) is 0.0262. The Balaban J connectivity index is 0.000000177. The molecular formula is C96H105Cl7F4N6O20S2. The summed E-state index contributed by atoms with van der Waals surface area (Å²) in [6.07, 6.45) is 9.47. The number of primary sulfonamides is 1. The number of hydrogen-bond donors (Lipinski definition) is 5. The fraction of sp³-hybridized carbons (Fsp3) is 0.417. The predicted molar refractivity (Wildman–Crippen MR) is 508 cm³/mol. The molecule has 8 aliphatic rings. The highest BCUT2D eigenvalue weighted by molar-refractivity contribution is 7.89. The van der Waals surface area contributed by atoms with Gasteiger partial charge in [-0.3, -0.25) is 19.2 Å². The Bertz CT molecular complexity index is 5950. The third kappa shape index (κ3) is 32.5. The van der Waals surface area contributed by atoms with E-state index in [2.05, 4.69) is 10.5 Å². The molecule has 8 aromatic carbocycles. The lowest BCUT2D eigenvalue weighted by Crippen LogP contribution is -2.52. The van der Waals surface area contributed by atoms with Gasteiger partial charge in [-0.15, -0.1) is 0 Å². The number of ether oxygens (including phenoxy) is 6. The van der Waals surface area contributed by atoms with Crippen LogP contribution < -0.4 is 34.1 Å². The summed E-state index contributed by atoms with van der Waals surface area (Å²) in [5, 5.41) is 28.1. The summed E-state index contributed by atoms with van der Waals surface area (Å²) in [7, 11) is -6.98. The second-order valence-corrected chi connectivity index (χ2v) is 42.7. The average molecular weight is 2050 g/mol. The molecule has 0 radical (unpaired) electrons. The first kappa shape index (κ1) is 107. The Kier molecular flexibility index (Phi) is 36.3. The van der Waals surface area contributed by atoms with Crippen molar-refractivity contribution in [2.75, 3.05) is 91.3 Å². The fourth-order valence-electron chi connectivity index (χ4n) is 14.4. The standard InChI is InChI=1S/C25H26Cl2FNO4.C22H21Cl2FN2O5S.C21H18Cl2FNO4.C18H24FNO3.C8H7ClO2.CH5NO2S.CH4/c1-25(2,3)33-24(31)20-9-19(15-4-5-15)22(10-21(20)28)32-13-14-11-29(12-14)23(30)16-6-17(26)8-18(27)7-16;1-33(30,31)26-21(28)18-7-17(13-2-3-13)20(8-19(18)25)32-11-12-9-27(10-12)22(29)14-4-15(23)6-16(24)5-14;22-14-3-13(4-15(23)5-14)20(26)25-8-11(9-25)10-29-19-7-18(24)17(21(27)28)6-16(19)12-1-2-12;1-18(2,3)23-17(21)14-6-13(12-4-5-12)16(7-15(14)19)22-10-11-8-20-9-11;1-5-2-6(8(10)11)4-7(9)3-5;1-5(2,3)4;/h6-10,14-15H,4-5,11-13H2,1-3H3;4-8,12-13H,2-3,9-11H2,1H3,(H,26,28);3-7,11-12H,1-2,8-10H2,(H,27,28);6-7,11-12,20H,4-5,8-10H2,1-3H3;2-4H,1H3,(H,10,11);1H3,(H2,2,3,4);1H4. The number of nitrogens with zero attached hydrogens (tertiary/aromatic N) is 3. The molecule has 4 aliphatic heterocycles. The monoisotopic (exact) mass is 2050 g/mol. The molecule has 0 unspecified atom stereocenters. The van der Waals surface area contributed by atoms with E-state index in [0.717, 1.165) is 111 Å². The number of nitrogens with two attached hydrogens (primary N) is 1. The Morgan fingerprint density at radius 3 is 0.911 bits per heavy atom. The first-order valence-corrected chi connectivity index (χ1v) is 49.3. The van der Waals surface area contributed by atoms with Crippen molar-refractivity contribution in [2.45, 2.75) is 142 Å². The summed E-state index contributed by atoms with van der Waals surface area (Å²) in [5.41, 5.74) is 3.47. The number of aryl methyl sites for hydroxylation is 1. The minimum Gasteiger partial charge on any atom is -0.493 e. The number of esters is 2. The van der Waals surface area contributed by atoms with E-state index in [9.17, 15) is 72.8 Å². The lowest BCUT2D eigenvalue weighted by atomic mass is 9.99. The van der Waals surface area contributed by atoms with Crippen molar-refractivity contribution in [1.82, 2.24) is 24.7 Å². The van der Waals surface area contributed by atoms with Gasteiger partial charge in [-0.1, -0.05) is 88.6 Å². The van der Waals surface area contributed by atoms with Gasteiger partial charge in [0.25, 0.3) is 23.6 Å². The summed E-state index contributed by atoms with van der Waals surface area (Å²) in [5.74, 6) is -4.41. The second-order valence-electron chi connectivity index (χ2n) is 36.2. The van der Waals surface area contributed by atoms with E-state index in [0.29, 0.717) is 151 Å². The number of carboxylic acid groups (broad SMARTS) is 2. The smallest absolute Gasteiger partial charge is 0.341 e. The molecule has 0 bridgehead atoms. The van der Waals surface area contributed by atoms with Crippen molar-refractivity contribution >= 4 is 149 Å². The molecule has 4 aliphatic carbocycles. The Morgan fingerprint density at radius 2 is 0.659 bits per heavy atom. The number of halogens is 11. The zero-order valence-corrected chi connectivity index (χ0v) is 81.4. The zero-order valence-electron chi connectivity index (χ0n) is 74.4. The number of aromatic carboxylic acids is 2. The normalized spacial score (nSPS) is 15.9. The van der Waals surface area contributed by atoms with Crippen LogP contribution in [0.15, 0.2) is 121 Å². The zero-order chi connectivity index (χ0) is 98.1. The second kappa shape index (κ2) is 45.7. The third-order valence-corrected chi connectivity index (χ3v) is 23.7. The van der Waals surface area contributed by atoms with Gasteiger partial charge in [0.1, 0.15) is 57.5 Å². The maximum absolute atomic E-state index is 14.7. The number of carbonyl (C=O) groups is 8. The highest BCUT2D eigenvalue weighted by Crippen LogP contribution is 2.50. The number of rotatable bonds is 25. The Labute approximate surface area is 816 Å². The lowest BCUT2D eigenvalue weighted by molar-refractivity contribution is 0.00515. The highest BCUT2D eigenvalue weighted by atomic mass is 35.5. The van der Waals surface area contributed by atoms with E-state index >= 15 is 0 Å². The first-order chi connectivity index (χ1) is 62.7. The molecule has 8 aromatic rings. The number of sulfonamides is 2. The van der Waals surface area contributed by atoms with E-state index < -0.39 is 84.3 Å². The fourth-order valence-corrected chi connectivity index (χ4v) is 16.8. The summed E-state index contributed by atoms with van der Waals surface area (Å²) in [4.78, 5) is 101. The Hall–Kier alpha value is -9.71. The van der Waals surface area contributed by atoms with Crippen LogP contribution in [0.3, 0.4) is 0 Å². The molecule has 728 valence electrons. The number of amides is 4. The van der Waals surface area contributed by atoms with Crippen LogP contribution in [-0.4, -0.2) is 192 Å². The van der Waals surface area contributed by atoms with Crippen LogP contribution in [0, 0.1) is 53.9 Å². The van der Waals surface area contributed by atoms with E-state index in [1.54, 1.807) is 147 Å². The number of nitrogens with one attached hydrogen (secondary N) is 2. The number of carboxylic acids is 2. The molecule has 8 fully saturated rings. The largest absolute Gasteiger partial charge is 0.493 e. The van der Waals surface area contributed by atoms with Gasteiger partial charge in [0.05, 0.1) is 66.8 Å². The van der Waals surface area contributed by atoms with Crippen LogP contribution in [0.1, 0.15) is 235 Å². The summed E-state index contributed by atoms with van der Waals surface area (Å²) < 4.78 is 135. The topological polar surface area (TPSA) is 360 Å². The van der Waals surface area contributed by atoms with Crippen molar-refractivity contribution in [1.29, 1.82) is 0 Å². The van der Waals surface area contributed by atoms with Crippen molar-refractivity contribution in [3.8, 4) is 23.0 Å². The molecule has 26 nitrogen and oxygen atoms in total. The molecule has 4 amide bonds. The molecule has 39 heteroatoms. The van der Waals surface area contributed by atoms with Gasteiger partial charge in [-0.25, -0.2) is 63.4 Å². The number of hydrogen-bond acceptors (Lipinski definition) is 19. The van der Waals surface area contributed by atoms with Gasteiger partial charge in [-0.05, 0) is 248 Å². The van der Waals surface area contributed by atoms with Gasteiger partial charge in [0.2, 0.25) is 20.0 Å². The molecule has 135 heavy (non-hydrogen) atoms. The van der Waals surface area contributed by atoms with Crippen LogP contribution in [-0.2, 0) is 29.5 Å². The van der Waals surface area contributed by atoms with Gasteiger partial charge in [0.15, 0.2) is 0 Å². The van der Waals surface area contributed by atoms with Crippen LogP contribution in [0.2, 0.25) is 35.2 Å². The summed E-state index contributed by atoms with van der Waals surface area (Å²) in [6, 6.07) is 29.7. The number of carbonyl (C=O) groups excluding carboxylic acids is 6. The van der Waals surface area contributed by atoms with E-state index in [4.69, 9.17) is 120 Å². The molecule has 4 heterocycles. The van der Waals surface area contributed by atoms with Gasteiger partial charge in [0, 0.05) is 152 Å². The minimum atomic E-state index is -3.81. The Morgan fingerprint density at radius 1 is 0.400 bits per heavy atom. The van der Waals surface area contributed by atoms with Crippen molar-refractivity contribution in [3.63, 3.8) is 0 Å². The van der Waals surface area contributed by atoms with Crippen LogP contribution in [0.5, 0.6) is 23.0 Å². The molecular weight excluding hydrogens is 1950 g/mol. The van der Waals surface area contributed by atoms with Gasteiger partial charge in [-0.2, -0.15) is 0 Å². The molecule has 4 saturated carbocycles. The lowest BCUT2D eigenvalue weighted by Gasteiger charge is -2.39. The third-order valence-electron chi connectivity index (χ3n) is 21.6. The molecule has 6 N–H and O–H groups in total. The van der Waals surface area contributed by atoms with Gasteiger partial charge < -0.3 is 58.7 Å². The van der Waals surface area contributed by atoms with E-state index in [1.807, 2.05) is 0 Å². The molecule has 0 spiro atoms. The van der Waals surface area contributed by atoms with Crippen LogP contribution in [0.4, 0.5) is 17.6 Å². The highest BCUT2D eigenvalue weighted by Gasteiger charge is 2.40. The molecule has 0 atom stereocenters. The number of benzene rings is 8. The van der Waals surface area contributed by atoms with E-state index in [1.165, 1.54) is 30.3 Å². The van der Waals surface area contributed by atoms with Crippen molar-refractivity contribution in [2.24, 2.45) is 28.8 Å². The molecule has 0 aromatic heterocycles. The molecule has 4 saturated heterocycles. The molecule has 16 rings (SSSR count). The van der Waals surface area contributed by atoms with Crippen molar-refractivity contribution < 1.29 is 111 Å². The minimum absolute atomic E-state index is 0. The first-order valence-electron chi connectivity index (χ1n) is 42.8. The summed E-state index contributed by atoms with van der Waals surface area (Å²) >= 11 is 41.5. The SMILES string of the molecule is C.CC(C)(C)OC(=O)c1cc(C2CC2)c(OCC2CN(C(=O)c3cc(Cl)cc(Cl)c3)C2)cc1F.CC(C)(C)OC(=O)c1cc(C2CC2)c(OCC2CNC2)cc1F.CS(=O)(=O)NC(=O)c1cc(C2CC2)c(OCC2CN(C(=O)c3cc(Cl)cc(Cl)c3)C2)cc1F.CS(N)(=O)=O.Cc1cc(Cl)cc(C(=O)O)c1.O=C(O)c1cc(C2CC2)c(OCC2CN(C(=O)c3cc(Cl)cc(Cl)c3)C2)cc1F. The predicted octanol–water partition coefficient (Wildman–Crippen LogP) is 20.0. The average Bonchev–Trinajstić information content (AvgIpc) is 1.66. The summed E-state index contributed by atoms with van der Waals surface area (Å²) in [6.45, 7) is 18.8. The number of likely N-dealkylation sites (tertiary alicyclic amines) is 3. The maximum Gasteiger partial charge on any atom is 0.341 e. The van der Waals surface area contributed by atoms with Crippen molar-refractivity contribution in [3.05, 3.63) is 252 Å². The van der Waals surface area contributed by atoms with E-state index in [-0.39, 0.29) is 95.1 Å².